The molecule has 2 rings (SSSR count). The molecule has 98 valence electrons. The van der Waals surface area contributed by atoms with Gasteiger partial charge in [0.1, 0.15) is 5.69 Å². The van der Waals surface area contributed by atoms with Gasteiger partial charge in [0.15, 0.2) is 0 Å². The van der Waals surface area contributed by atoms with Crippen molar-refractivity contribution in [2.75, 3.05) is 0 Å². The Morgan fingerprint density at radius 2 is 1.95 bits per heavy atom. The second-order valence-corrected chi connectivity index (χ2v) is 4.87. The van der Waals surface area contributed by atoms with Crippen LogP contribution in [0.15, 0.2) is 35.1 Å². The van der Waals surface area contributed by atoms with E-state index in [0.29, 0.717) is 10.7 Å². The SMILES string of the molecule is Cc1cc(=O)c(CC(=O)Cl)nn1-c1ccc(Cl)cc1. The first-order valence-corrected chi connectivity index (χ1v) is 6.27. The molecule has 0 spiro atoms. The Hall–Kier alpha value is -1.65. The van der Waals surface area contributed by atoms with Crippen LogP contribution in [0.3, 0.4) is 0 Å². The van der Waals surface area contributed by atoms with Gasteiger partial charge in [-0.15, -0.1) is 0 Å². The summed E-state index contributed by atoms with van der Waals surface area (Å²) < 4.78 is 1.58. The van der Waals surface area contributed by atoms with Gasteiger partial charge in [0.2, 0.25) is 10.7 Å². The zero-order valence-corrected chi connectivity index (χ0v) is 11.6. The van der Waals surface area contributed by atoms with E-state index in [1.807, 2.05) is 0 Å². The van der Waals surface area contributed by atoms with Crippen LogP contribution in [0.4, 0.5) is 0 Å². The van der Waals surface area contributed by atoms with Crippen LogP contribution in [0.2, 0.25) is 5.02 Å². The van der Waals surface area contributed by atoms with Crippen molar-refractivity contribution in [3.8, 4) is 5.69 Å². The zero-order valence-electron chi connectivity index (χ0n) is 10.1. The van der Waals surface area contributed by atoms with E-state index >= 15 is 0 Å². The molecule has 0 amide bonds. The topological polar surface area (TPSA) is 52.0 Å². The van der Waals surface area contributed by atoms with E-state index in [1.165, 1.54) is 6.07 Å². The van der Waals surface area contributed by atoms with Crippen LogP contribution in [0.1, 0.15) is 11.4 Å². The molecule has 1 aromatic carbocycles. The fourth-order valence-electron chi connectivity index (χ4n) is 1.68. The number of benzene rings is 1. The molecular weight excluding hydrogens is 287 g/mol. The molecule has 1 heterocycles. The molecule has 0 aliphatic carbocycles. The van der Waals surface area contributed by atoms with Gasteiger partial charge in [-0.3, -0.25) is 9.59 Å². The normalized spacial score (nSPS) is 10.5. The van der Waals surface area contributed by atoms with Crippen molar-refractivity contribution in [1.82, 2.24) is 9.78 Å². The fourth-order valence-corrected chi connectivity index (χ4v) is 1.93. The third-order valence-electron chi connectivity index (χ3n) is 2.56. The third-order valence-corrected chi connectivity index (χ3v) is 2.94. The second-order valence-electron chi connectivity index (χ2n) is 4.02. The van der Waals surface area contributed by atoms with Gasteiger partial charge in [-0.1, -0.05) is 11.6 Å². The van der Waals surface area contributed by atoms with E-state index in [4.69, 9.17) is 23.2 Å². The fraction of sp³-hybridized carbons (Fsp3) is 0.154. The highest BCUT2D eigenvalue weighted by Gasteiger charge is 2.10. The van der Waals surface area contributed by atoms with Crippen molar-refractivity contribution >= 4 is 28.4 Å². The monoisotopic (exact) mass is 296 g/mol. The van der Waals surface area contributed by atoms with E-state index < -0.39 is 5.24 Å². The Balaban J connectivity index is 2.54. The molecule has 0 radical (unpaired) electrons. The second kappa shape index (κ2) is 5.55. The molecule has 0 fully saturated rings. The molecule has 1 aromatic heterocycles. The maximum atomic E-state index is 11.7. The van der Waals surface area contributed by atoms with Crippen LogP contribution in [-0.2, 0) is 11.2 Å². The van der Waals surface area contributed by atoms with Crippen molar-refractivity contribution in [3.63, 3.8) is 0 Å². The first kappa shape index (κ1) is 13.8. The summed E-state index contributed by atoms with van der Waals surface area (Å²) in [4.78, 5) is 22.6. The van der Waals surface area contributed by atoms with Crippen LogP contribution < -0.4 is 5.43 Å². The van der Waals surface area contributed by atoms with Crippen molar-refractivity contribution in [1.29, 1.82) is 0 Å². The molecule has 0 saturated carbocycles. The molecule has 0 atom stereocenters. The minimum Gasteiger partial charge on any atom is -0.288 e. The average Bonchev–Trinajstić information content (AvgIpc) is 2.33. The maximum Gasteiger partial charge on any atom is 0.227 e. The van der Waals surface area contributed by atoms with Gasteiger partial charge >= 0.3 is 0 Å². The number of nitrogens with zero attached hydrogens (tertiary/aromatic N) is 2. The van der Waals surface area contributed by atoms with E-state index in [2.05, 4.69) is 5.10 Å². The first-order chi connectivity index (χ1) is 8.97. The van der Waals surface area contributed by atoms with Crippen LogP contribution in [0, 0.1) is 6.92 Å². The molecule has 4 nitrogen and oxygen atoms in total. The van der Waals surface area contributed by atoms with Crippen LogP contribution in [-0.4, -0.2) is 15.0 Å². The summed E-state index contributed by atoms with van der Waals surface area (Å²) in [5.41, 5.74) is 1.25. The number of hydrogen-bond acceptors (Lipinski definition) is 3. The number of aromatic nitrogens is 2. The lowest BCUT2D eigenvalue weighted by molar-refractivity contribution is -0.111. The summed E-state index contributed by atoms with van der Waals surface area (Å²) in [6, 6.07) is 8.43. The summed E-state index contributed by atoms with van der Waals surface area (Å²) in [5.74, 6) is 0. The van der Waals surface area contributed by atoms with Crippen LogP contribution in [0.5, 0.6) is 0 Å². The quantitative estimate of drug-likeness (QED) is 0.818. The maximum absolute atomic E-state index is 11.7. The molecule has 0 aliphatic heterocycles. The number of aryl methyl sites for hydroxylation is 1. The Kier molecular flexibility index (Phi) is 4.02. The highest BCUT2D eigenvalue weighted by atomic mass is 35.5. The lowest BCUT2D eigenvalue weighted by Crippen LogP contribution is -2.20. The zero-order chi connectivity index (χ0) is 14.0. The van der Waals surface area contributed by atoms with Gasteiger partial charge in [-0.25, -0.2) is 4.68 Å². The predicted molar refractivity (Wildman–Crippen MR) is 74.1 cm³/mol. The number of hydrogen-bond donors (Lipinski definition) is 0. The number of rotatable bonds is 3. The molecule has 0 saturated heterocycles. The molecule has 6 heteroatoms. The minimum atomic E-state index is -0.615. The highest BCUT2D eigenvalue weighted by Crippen LogP contribution is 2.13. The Morgan fingerprint density at radius 1 is 1.32 bits per heavy atom. The smallest absolute Gasteiger partial charge is 0.227 e. The molecular formula is C13H10Cl2N2O2. The number of carbonyl (C=O) groups excluding carboxylic acids is 1. The molecule has 2 aromatic rings. The predicted octanol–water partition coefficient (Wildman–Crippen LogP) is 2.50. The third kappa shape index (κ3) is 3.22. The summed E-state index contributed by atoms with van der Waals surface area (Å²) in [6.45, 7) is 1.76. The summed E-state index contributed by atoms with van der Waals surface area (Å²) in [6.07, 6.45) is -0.186. The van der Waals surface area contributed by atoms with Crippen LogP contribution in [0.25, 0.3) is 5.69 Å². The first-order valence-electron chi connectivity index (χ1n) is 5.51. The lowest BCUT2D eigenvalue weighted by atomic mass is 10.2. The number of halogens is 2. The van der Waals surface area contributed by atoms with Gasteiger partial charge in [-0.2, -0.15) is 5.10 Å². The Labute approximate surface area is 119 Å². The Bertz CT molecular complexity index is 678. The van der Waals surface area contributed by atoms with E-state index in [9.17, 15) is 9.59 Å². The van der Waals surface area contributed by atoms with Crippen molar-refractivity contribution in [2.24, 2.45) is 0 Å². The van der Waals surface area contributed by atoms with Crippen LogP contribution >= 0.6 is 23.2 Å². The Morgan fingerprint density at radius 3 is 2.53 bits per heavy atom. The minimum absolute atomic E-state index is 0.126. The summed E-state index contributed by atoms with van der Waals surface area (Å²) in [7, 11) is 0. The van der Waals surface area contributed by atoms with Gasteiger partial charge in [0.25, 0.3) is 0 Å². The summed E-state index contributed by atoms with van der Waals surface area (Å²) >= 11 is 11.1. The van der Waals surface area contributed by atoms with Crippen molar-refractivity contribution in [2.45, 2.75) is 13.3 Å². The highest BCUT2D eigenvalue weighted by molar-refractivity contribution is 6.63. The lowest BCUT2D eigenvalue weighted by Gasteiger charge is -2.10. The van der Waals surface area contributed by atoms with E-state index in [-0.39, 0.29) is 17.5 Å². The largest absolute Gasteiger partial charge is 0.288 e. The molecule has 0 unspecified atom stereocenters. The van der Waals surface area contributed by atoms with Gasteiger partial charge in [0.05, 0.1) is 12.1 Å². The summed E-state index contributed by atoms with van der Waals surface area (Å²) in [5, 5.41) is 4.16. The molecule has 19 heavy (non-hydrogen) atoms. The van der Waals surface area contributed by atoms with Gasteiger partial charge in [0, 0.05) is 16.8 Å². The molecule has 0 bridgehead atoms. The van der Waals surface area contributed by atoms with E-state index in [1.54, 1.807) is 35.9 Å². The standard InChI is InChI=1S/C13H10Cl2N2O2/c1-8-6-12(18)11(7-13(15)19)16-17(8)10-4-2-9(14)3-5-10/h2-6H,7H2,1H3. The number of carbonyl (C=O) groups is 1. The average molecular weight is 297 g/mol. The van der Waals surface area contributed by atoms with Gasteiger partial charge < -0.3 is 0 Å². The van der Waals surface area contributed by atoms with Crippen molar-refractivity contribution in [3.05, 3.63) is 57.0 Å². The van der Waals surface area contributed by atoms with E-state index in [0.717, 1.165) is 5.69 Å². The molecule has 0 N–H and O–H groups in total. The van der Waals surface area contributed by atoms with Gasteiger partial charge in [-0.05, 0) is 42.8 Å². The van der Waals surface area contributed by atoms with Crippen molar-refractivity contribution < 1.29 is 4.79 Å². The molecule has 0 aliphatic rings.